The number of nitrogens with one attached hydrogen (secondary N) is 2. The summed E-state index contributed by atoms with van der Waals surface area (Å²) in [7, 11) is 0. The minimum atomic E-state index is -0.282. The van der Waals surface area contributed by atoms with E-state index in [4.69, 9.17) is 0 Å². The first-order chi connectivity index (χ1) is 11.6. The van der Waals surface area contributed by atoms with Gasteiger partial charge in [0, 0.05) is 19.5 Å². The molecule has 0 aliphatic carbocycles. The van der Waals surface area contributed by atoms with Crippen LogP contribution in [0.15, 0.2) is 48.5 Å². The summed E-state index contributed by atoms with van der Waals surface area (Å²) in [5.74, 6) is 0.101. The minimum absolute atomic E-state index is 0.101. The smallest absolute Gasteiger partial charge is 0.319 e. The molecule has 124 valence electrons. The van der Waals surface area contributed by atoms with Crippen molar-refractivity contribution in [1.29, 1.82) is 0 Å². The molecular formula is C19H21N3O2. The van der Waals surface area contributed by atoms with Gasteiger partial charge in [-0.3, -0.25) is 4.79 Å². The molecule has 5 nitrogen and oxygen atoms in total. The highest BCUT2D eigenvalue weighted by Crippen LogP contribution is 2.29. The molecule has 1 fully saturated rings. The summed E-state index contributed by atoms with van der Waals surface area (Å²) in [5, 5.41) is 5.70. The highest BCUT2D eigenvalue weighted by atomic mass is 16.2. The zero-order valence-corrected chi connectivity index (χ0v) is 13.7. The van der Waals surface area contributed by atoms with Gasteiger partial charge in [0.15, 0.2) is 0 Å². The van der Waals surface area contributed by atoms with Crippen molar-refractivity contribution < 1.29 is 9.59 Å². The Morgan fingerprint density at radius 3 is 2.75 bits per heavy atom. The molecule has 0 spiro atoms. The summed E-state index contributed by atoms with van der Waals surface area (Å²) in [5.41, 5.74) is 3.61. The second-order valence-corrected chi connectivity index (χ2v) is 5.96. The Labute approximate surface area is 141 Å². The van der Waals surface area contributed by atoms with E-state index in [-0.39, 0.29) is 11.9 Å². The van der Waals surface area contributed by atoms with Crippen LogP contribution in [0.4, 0.5) is 16.2 Å². The van der Waals surface area contributed by atoms with Gasteiger partial charge in [-0.15, -0.1) is 0 Å². The molecule has 3 rings (SSSR count). The molecule has 0 bridgehead atoms. The van der Waals surface area contributed by atoms with Crippen LogP contribution in [0.1, 0.15) is 24.0 Å². The summed E-state index contributed by atoms with van der Waals surface area (Å²) in [6, 6.07) is 15.1. The maximum absolute atomic E-state index is 12.2. The number of hydrogen-bond donors (Lipinski definition) is 2. The van der Waals surface area contributed by atoms with Crippen LogP contribution in [-0.4, -0.2) is 18.5 Å². The van der Waals surface area contributed by atoms with Crippen molar-refractivity contribution in [1.82, 2.24) is 5.32 Å². The van der Waals surface area contributed by atoms with Crippen molar-refractivity contribution in [2.75, 3.05) is 16.8 Å². The first-order valence-corrected chi connectivity index (χ1v) is 8.13. The number of carbonyl (C=O) groups excluding carboxylic acids is 2. The molecule has 3 amide bonds. The molecule has 24 heavy (non-hydrogen) atoms. The quantitative estimate of drug-likeness (QED) is 0.905. The van der Waals surface area contributed by atoms with Gasteiger partial charge in [0.25, 0.3) is 0 Å². The number of hydrogen-bond acceptors (Lipinski definition) is 2. The van der Waals surface area contributed by atoms with E-state index in [9.17, 15) is 9.59 Å². The maximum atomic E-state index is 12.2. The van der Waals surface area contributed by atoms with Crippen molar-refractivity contribution in [3.8, 4) is 0 Å². The van der Waals surface area contributed by atoms with Crippen LogP contribution < -0.4 is 15.5 Å². The minimum Gasteiger partial charge on any atom is -0.334 e. The van der Waals surface area contributed by atoms with Crippen LogP contribution in [-0.2, 0) is 11.3 Å². The molecule has 1 aliphatic heterocycles. The zero-order valence-electron chi connectivity index (χ0n) is 13.7. The van der Waals surface area contributed by atoms with Gasteiger partial charge >= 0.3 is 6.03 Å². The number of para-hydroxylation sites is 2. The number of rotatable bonds is 4. The number of anilines is 2. The van der Waals surface area contributed by atoms with Crippen LogP contribution in [0, 0.1) is 6.92 Å². The maximum Gasteiger partial charge on any atom is 0.319 e. The van der Waals surface area contributed by atoms with Gasteiger partial charge in [-0.05, 0) is 31.0 Å². The third-order valence-electron chi connectivity index (χ3n) is 4.05. The van der Waals surface area contributed by atoms with Gasteiger partial charge in [0.2, 0.25) is 5.91 Å². The van der Waals surface area contributed by atoms with E-state index in [2.05, 4.69) is 10.6 Å². The lowest BCUT2D eigenvalue weighted by Crippen LogP contribution is -2.30. The lowest BCUT2D eigenvalue weighted by atomic mass is 10.1. The lowest BCUT2D eigenvalue weighted by molar-refractivity contribution is -0.117. The highest BCUT2D eigenvalue weighted by Gasteiger charge is 2.24. The predicted molar refractivity (Wildman–Crippen MR) is 95.1 cm³/mol. The molecule has 5 heteroatoms. The predicted octanol–water partition coefficient (Wildman–Crippen LogP) is 3.44. The summed E-state index contributed by atoms with van der Waals surface area (Å²) in [6.07, 6.45) is 1.42. The van der Waals surface area contributed by atoms with Gasteiger partial charge in [0.1, 0.15) is 0 Å². The second-order valence-electron chi connectivity index (χ2n) is 5.96. The summed E-state index contributed by atoms with van der Waals surface area (Å²) < 4.78 is 0. The summed E-state index contributed by atoms with van der Waals surface area (Å²) >= 11 is 0. The molecular weight excluding hydrogens is 302 g/mol. The Balaban J connectivity index is 1.65. The normalized spacial score (nSPS) is 13.9. The van der Waals surface area contributed by atoms with E-state index < -0.39 is 0 Å². The summed E-state index contributed by atoms with van der Waals surface area (Å²) in [4.78, 5) is 25.9. The van der Waals surface area contributed by atoms with Crippen LogP contribution in [0.5, 0.6) is 0 Å². The Hall–Kier alpha value is -2.82. The molecule has 1 saturated heterocycles. The fourth-order valence-electron chi connectivity index (χ4n) is 2.89. The number of carbonyl (C=O) groups is 2. The van der Waals surface area contributed by atoms with Crippen molar-refractivity contribution in [3.63, 3.8) is 0 Å². The molecule has 2 aromatic carbocycles. The molecule has 0 unspecified atom stereocenters. The Bertz CT molecular complexity index is 758. The van der Waals surface area contributed by atoms with Gasteiger partial charge < -0.3 is 15.5 Å². The molecule has 2 N–H and O–H groups in total. The van der Waals surface area contributed by atoms with Crippen molar-refractivity contribution >= 4 is 23.3 Å². The lowest BCUT2D eigenvalue weighted by Gasteiger charge is -2.20. The average molecular weight is 323 g/mol. The van der Waals surface area contributed by atoms with Crippen LogP contribution in [0.2, 0.25) is 0 Å². The van der Waals surface area contributed by atoms with Crippen LogP contribution in [0.25, 0.3) is 0 Å². The topological polar surface area (TPSA) is 61.4 Å². The van der Waals surface area contributed by atoms with Crippen molar-refractivity contribution in [2.45, 2.75) is 26.3 Å². The Morgan fingerprint density at radius 2 is 2.00 bits per heavy atom. The van der Waals surface area contributed by atoms with E-state index in [1.54, 1.807) is 4.90 Å². The van der Waals surface area contributed by atoms with E-state index in [1.807, 2.05) is 55.5 Å². The number of nitrogens with zero attached hydrogens (tertiary/aromatic N) is 1. The van der Waals surface area contributed by atoms with Crippen LogP contribution >= 0.6 is 0 Å². The molecule has 1 aliphatic rings. The number of benzene rings is 2. The molecule has 0 aromatic heterocycles. The third kappa shape index (κ3) is 3.74. The SMILES string of the molecule is Cc1cccc(CNC(=O)Nc2ccccc2N2CCCC2=O)c1. The fourth-order valence-corrected chi connectivity index (χ4v) is 2.89. The van der Waals surface area contributed by atoms with E-state index in [1.165, 1.54) is 0 Å². The molecule has 0 radical (unpaired) electrons. The number of aryl methyl sites for hydroxylation is 1. The Kier molecular flexibility index (Phi) is 4.79. The van der Waals surface area contributed by atoms with Gasteiger partial charge in [-0.1, -0.05) is 42.0 Å². The second kappa shape index (κ2) is 7.17. The third-order valence-corrected chi connectivity index (χ3v) is 4.05. The van der Waals surface area contributed by atoms with E-state index in [0.29, 0.717) is 25.2 Å². The van der Waals surface area contributed by atoms with E-state index in [0.717, 1.165) is 23.2 Å². The van der Waals surface area contributed by atoms with Crippen molar-refractivity contribution in [2.24, 2.45) is 0 Å². The molecule has 1 heterocycles. The molecule has 2 aromatic rings. The monoisotopic (exact) mass is 323 g/mol. The first-order valence-electron chi connectivity index (χ1n) is 8.13. The van der Waals surface area contributed by atoms with E-state index >= 15 is 0 Å². The van der Waals surface area contributed by atoms with Crippen LogP contribution in [0.3, 0.4) is 0 Å². The Morgan fingerprint density at radius 1 is 1.17 bits per heavy atom. The first kappa shape index (κ1) is 16.1. The summed E-state index contributed by atoms with van der Waals surface area (Å²) in [6.45, 7) is 3.17. The fraction of sp³-hybridized carbons (Fsp3) is 0.263. The zero-order chi connectivity index (χ0) is 16.9. The van der Waals surface area contributed by atoms with Gasteiger partial charge in [-0.25, -0.2) is 4.79 Å². The van der Waals surface area contributed by atoms with Gasteiger partial charge in [-0.2, -0.15) is 0 Å². The van der Waals surface area contributed by atoms with Crippen molar-refractivity contribution in [3.05, 3.63) is 59.7 Å². The molecule has 0 saturated carbocycles. The standard InChI is InChI=1S/C19H21N3O2/c1-14-6-4-7-15(12-14)13-20-19(24)21-16-8-2-3-9-17(16)22-11-5-10-18(22)23/h2-4,6-9,12H,5,10-11,13H2,1H3,(H2,20,21,24). The highest BCUT2D eigenvalue weighted by molar-refractivity contribution is 6.01. The average Bonchev–Trinajstić information content (AvgIpc) is 2.99. The van der Waals surface area contributed by atoms with Gasteiger partial charge in [0.05, 0.1) is 11.4 Å². The molecule has 0 atom stereocenters. The largest absolute Gasteiger partial charge is 0.334 e. The number of amides is 3. The number of urea groups is 1.